The molecule has 0 saturated carbocycles. The van der Waals surface area contributed by atoms with E-state index in [0.717, 1.165) is 5.56 Å². The maximum absolute atomic E-state index is 14.0. The second kappa shape index (κ2) is 10.2. The van der Waals surface area contributed by atoms with Crippen molar-refractivity contribution in [2.45, 2.75) is 18.9 Å². The number of amides is 1. The summed E-state index contributed by atoms with van der Waals surface area (Å²) in [5, 5.41) is 2.98. The van der Waals surface area contributed by atoms with Gasteiger partial charge in [0.15, 0.2) is 0 Å². The number of hydrogen-bond acceptors (Lipinski definition) is 5. The van der Waals surface area contributed by atoms with Gasteiger partial charge in [-0.2, -0.15) is 0 Å². The Bertz CT molecular complexity index is 1110. The van der Waals surface area contributed by atoms with Gasteiger partial charge >= 0.3 is 0 Å². The standard InChI is InChI=1S/C24H25FN4O3/c25-20-9-5-4-8-18(20)14-22(30)27-21(17-6-2-1-3-7-17)15-19-16-23(31)28-24(26-19)29-10-12-32-13-11-29/h1-9,16,21H,10-15H2,(H,27,30)(H,26,28,31). The van der Waals surface area contributed by atoms with Crippen molar-refractivity contribution >= 4 is 11.9 Å². The fourth-order valence-electron chi connectivity index (χ4n) is 3.73. The number of benzene rings is 2. The van der Waals surface area contributed by atoms with E-state index in [-0.39, 0.29) is 17.9 Å². The highest BCUT2D eigenvalue weighted by atomic mass is 19.1. The van der Waals surface area contributed by atoms with Crippen LogP contribution in [-0.4, -0.2) is 42.2 Å². The Morgan fingerprint density at radius 2 is 1.84 bits per heavy atom. The van der Waals surface area contributed by atoms with Gasteiger partial charge in [-0.1, -0.05) is 48.5 Å². The molecule has 166 valence electrons. The number of nitrogens with zero attached hydrogens (tertiary/aromatic N) is 2. The van der Waals surface area contributed by atoms with Crippen molar-refractivity contribution in [2.24, 2.45) is 0 Å². The van der Waals surface area contributed by atoms with Crippen LogP contribution in [0.4, 0.5) is 10.3 Å². The van der Waals surface area contributed by atoms with Crippen LogP contribution in [0.2, 0.25) is 0 Å². The molecule has 8 heteroatoms. The third kappa shape index (κ3) is 5.59. The number of halogens is 1. The van der Waals surface area contributed by atoms with Crippen LogP contribution in [0.15, 0.2) is 65.5 Å². The van der Waals surface area contributed by atoms with Crippen LogP contribution in [-0.2, 0) is 22.4 Å². The zero-order chi connectivity index (χ0) is 22.3. The van der Waals surface area contributed by atoms with E-state index >= 15 is 0 Å². The van der Waals surface area contributed by atoms with Gasteiger partial charge in [0.05, 0.1) is 31.4 Å². The second-order valence-electron chi connectivity index (χ2n) is 7.66. The molecule has 32 heavy (non-hydrogen) atoms. The van der Waals surface area contributed by atoms with Gasteiger partial charge < -0.3 is 15.0 Å². The predicted molar refractivity (Wildman–Crippen MR) is 119 cm³/mol. The van der Waals surface area contributed by atoms with Crippen molar-refractivity contribution in [1.82, 2.24) is 15.3 Å². The third-order valence-electron chi connectivity index (χ3n) is 5.35. The average molecular weight is 436 g/mol. The Morgan fingerprint density at radius 1 is 1.12 bits per heavy atom. The number of aromatic nitrogens is 2. The van der Waals surface area contributed by atoms with Gasteiger partial charge in [0.1, 0.15) is 5.82 Å². The largest absolute Gasteiger partial charge is 0.378 e. The summed E-state index contributed by atoms with van der Waals surface area (Å²) in [5.74, 6) is -0.215. The first-order valence-electron chi connectivity index (χ1n) is 10.6. The van der Waals surface area contributed by atoms with Crippen molar-refractivity contribution in [3.05, 3.63) is 93.7 Å². The van der Waals surface area contributed by atoms with E-state index in [1.165, 1.54) is 12.1 Å². The monoisotopic (exact) mass is 436 g/mol. The highest BCUT2D eigenvalue weighted by Crippen LogP contribution is 2.19. The average Bonchev–Trinajstić information content (AvgIpc) is 2.81. The number of H-pyrrole nitrogens is 1. The van der Waals surface area contributed by atoms with E-state index in [1.807, 2.05) is 35.2 Å². The molecule has 2 heterocycles. The lowest BCUT2D eigenvalue weighted by atomic mass is 10.0. The lowest BCUT2D eigenvalue weighted by Gasteiger charge is -2.27. The Kier molecular flexibility index (Phi) is 6.91. The summed E-state index contributed by atoms with van der Waals surface area (Å²) in [4.78, 5) is 34.4. The van der Waals surface area contributed by atoms with Gasteiger partial charge in [0, 0.05) is 25.6 Å². The molecule has 0 radical (unpaired) electrons. The SMILES string of the molecule is O=C(Cc1ccccc1F)NC(Cc1cc(=O)[nH]c(N2CCOCC2)n1)c1ccccc1. The van der Waals surface area contributed by atoms with Crippen LogP contribution in [0.3, 0.4) is 0 Å². The Hall–Kier alpha value is -3.52. The van der Waals surface area contributed by atoms with Crippen LogP contribution >= 0.6 is 0 Å². The first-order chi connectivity index (χ1) is 15.6. The summed E-state index contributed by atoms with van der Waals surface area (Å²) in [5.41, 5.74) is 1.53. The molecule has 3 aromatic rings. The number of ether oxygens (including phenoxy) is 1. The predicted octanol–water partition coefficient (Wildman–Crippen LogP) is 2.39. The van der Waals surface area contributed by atoms with Crippen molar-refractivity contribution in [2.75, 3.05) is 31.2 Å². The Labute approximate surface area is 185 Å². The van der Waals surface area contributed by atoms with E-state index in [2.05, 4.69) is 15.3 Å². The molecule has 0 spiro atoms. The lowest BCUT2D eigenvalue weighted by molar-refractivity contribution is -0.121. The molecule has 1 amide bonds. The van der Waals surface area contributed by atoms with Crippen molar-refractivity contribution in [3.8, 4) is 0 Å². The minimum absolute atomic E-state index is 0.0716. The Balaban J connectivity index is 1.55. The highest BCUT2D eigenvalue weighted by molar-refractivity contribution is 5.79. The summed E-state index contributed by atoms with van der Waals surface area (Å²) >= 11 is 0. The molecule has 2 aromatic carbocycles. The zero-order valence-corrected chi connectivity index (χ0v) is 17.6. The molecule has 1 saturated heterocycles. The molecule has 0 aliphatic carbocycles. The maximum Gasteiger partial charge on any atom is 0.252 e. The lowest BCUT2D eigenvalue weighted by Crippen LogP contribution is -2.38. The van der Waals surface area contributed by atoms with E-state index in [9.17, 15) is 14.0 Å². The van der Waals surface area contributed by atoms with Gasteiger partial charge in [0.2, 0.25) is 11.9 Å². The second-order valence-corrected chi connectivity index (χ2v) is 7.66. The number of aromatic amines is 1. The van der Waals surface area contributed by atoms with Gasteiger partial charge in [0.25, 0.3) is 5.56 Å². The van der Waals surface area contributed by atoms with Gasteiger partial charge in [-0.05, 0) is 17.2 Å². The molecule has 1 fully saturated rings. The van der Waals surface area contributed by atoms with Crippen LogP contribution in [0.5, 0.6) is 0 Å². The number of hydrogen-bond donors (Lipinski definition) is 2. The van der Waals surface area contributed by atoms with Crippen LogP contribution in [0.25, 0.3) is 0 Å². The minimum Gasteiger partial charge on any atom is -0.378 e. The van der Waals surface area contributed by atoms with Gasteiger partial charge in [-0.25, -0.2) is 9.37 Å². The maximum atomic E-state index is 14.0. The van der Waals surface area contributed by atoms with E-state index in [4.69, 9.17) is 4.74 Å². The first kappa shape index (κ1) is 21.7. The third-order valence-corrected chi connectivity index (χ3v) is 5.35. The highest BCUT2D eigenvalue weighted by Gasteiger charge is 2.19. The topological polar surface area (TPSA) is 87.3 Å². The molecule has 1 unspecified atom stereocenters. The molecule has 1 aliphatic rings. The summed E-state index contributed by atoms with van der Waals surface area (Å²) in [6.07, 6.45) is 0.256. The van der Waals surface area contributed by atoms with E-state index in [1.54, 1.807) is 18.2 Å². The number of rotatable bonds is 7. The molecule has 1 aromatic heterocycles. The summed E-state index contributed by atoms with van der Waals surface area (Å²) in [6.45, 7) is 2.45. The van der Waals surface area contributed by atoms with E-state index in [0.29, 0.717) is 49.9 Å². The molecular weight excluding hydrogens is 411 g/mol. The normalized spacial score (nSPS) is 14.7. The van der Waals surface area contributed by atoms with Crippen molar-refractivity contribution in [3.63, 3.8) is 0 Å². The Morgan fingerprint density at radius 3 is 2.59 bits per heavy atom. The minimum atomic E-state index is -0.415. The number of carbonyl (C=O) groups excluding carboxylic acids is 1. The molecule has 2 N–H and O–H groups in total. The number of nitrogens with one attached hydrogen (secondary N) is 2. The van der Waals surface area contributed by atoms with Crippen molar-refractivity contribution < 1.29 is 13.9 Å². The number of carbonyl (C=O) groups is 1. The molecule has 4 rings (SSSR count). The van der Waals surface area contributed by atoms with Crippen LogP contribution in [0, 0.1) is 5.82 Å². The number of morpholine rings is 1. The quantitative estimate of drug-likeness (QED) is 0.594. The molecule has 1 aliphatic heterocycles. The van der Waals surface area contributed by atoms with E-state index < -0.39 is 11.9 Å². The summed E-state index contributed by atoms with van der Waals surface area (Å²) < 4.78 is 19.4. The summed E-state index contributed by atoms with van der Waals surface area (Å²) in [7, 11) is 0. The fourth-order valence-corrected chi connectivity index (χ4v) is 3.73. The molecule has 0 bridgehead atoms. The van der Waals surface area contributed by atoms with Crippen molar-refractivity contribution in [1.29, 1.82) is 0 Å². The summed E-state index contributed by atoms with van der Waals surface area (Å²) in [6, 6.07) is 16.7. The smallest absolute Gasteiger partial charge is 0.252 e. The molecule has 7 nitrogen and oxygen atoms in total. The zero-order valence-electron chi connectivity index (χ0n) is 17.6. The molecular formula is C24H25FN4O3. The van der Waals surface area contributed by atoms with Gasteiger partial charge in [-0.3, -0.25) is 14.6 Å². The van der Waals surface area contributed by atoms with Crippen LogP contribution in [0.1, 0.15) is 22.9 Å². The number of anilines is 1. The van der Waals surface area contributed by atoms with Gasteiger partial charge in [-0.15, -0.1) is 0 Å². The fraction of sp³-hybridized carbons (Fsp3) is 0.292. The molecule has 1 atom stereocenters. The van der Waals surface area contributed by atoms with Crippen LogP contribution < -0.4 is 15.8 Å². The first-order valence-corrected chi connectivity index (χ1v) is 10.6.